The van der Waals surface area contributed by atoms with Gasteiger partial charge in [-0.15, -0.1) is 0 Å². The highest BCUT2D eigenvalue weighted by molar-refractivity contribution is 5.44. The van der Waals surface area contributed by atoms with Crippen molar-refractivity contribution in [3.05, 3.63) is 24.0 Å². The second-order valence-electron chi connectivity index (χ2n) is 2.82. The van der Waals surface area contributed by atoms with Crippen molar-refractivity contribution in [3.63, 3.8) is 0 Å². The summed E-state index contributed by atoms with van der Waals surface area (Å²) in [6.45, 7) is 0. The number of hydrogen-bond acceptors (Lipinski definition) is 2. The molecule has 0 aliphatic heterocycles. The molecule has 0 unspecified atom stereocenters. The topological polar surface area (TPSA) is 16.1 Å². The average Bonchev–Trinajstić information content (AvgIpc) is 2.03. The summed E-state index contributed by atoms with van der Waals surface area (Å²) in [5.41, 5.74) is -0.284. The fraction of sp³-hybridized carbons (Fsp3) is 0.375. The molecule has 1 aromatic rings. The lowest BCUT2D eigenvalue weighted by Crippen LogP contribution is -2.12. The second-order valence-corrected chi connectivity index (χ2v) is 2.82. The van der Waals surface area contributed by atoms with Gasteiger partial charge in [-0.2, -0.15) is 13.2 Å². The normalized spacial score (nSPS) is 11.5. The van der Waals surface area contributed by atoms with E-state index >= 15 is 0 Å². The molecule has 0 aliphatic rings. The minimum Gasteiger partial charge on any atom is -0.376 e. The van der Waals surface area contributed by atoms with Crippen LogP contribution in [-0.2, 0) is 6.18 Å². The van der Waals surface area contributed by atoms with E-state index in [9.17, 15) is 13.2 Å². The Kier molecular flexibility index (Phi) is 2.45. The maximum Gasteiger partial charge on any atom is 0.417 e. The molecule has 0 spiro atoms. The molecular weight excluding hydrogens is 181 g/mol. The molecule has 0 amide bonds. The monoisotopic (exact) mass is 190 g/mol. The molecule has 5 heteroatoms. The number of pyridine rings is 1. The van der Waals surface area contributed by atoms with Crippen LogP contribution in [0, 0.1) is 0 Å². The van der Waals surface area contributed by atoms with Crippen LogP contribution in [0.1, 0.15) is 5.56 Å². The van der Waals surface area contributed by atoms with Gasteiger partial charge < -0.3 is 4.90 Å². The fourth-order valence-corrected chi connectivity index (χ4v) is 0.827. The second kappa shape index (κ2) is 3.24. The molecule has 0 aliphatic carbocycles. The summed E-state index contributed by atoms with van der Waals surface area (Å²) >= 11 is 0. The Labute approximate surface area is 74.0 Å². The molecule has 0 atom stereocenters. The lowest BCUT2D eigenvalue weighted by molar-refractivity contribution is -0.137. The molecule has 1 heterocycles. The van der Waals surface area contributed by atoms with E-state index in [0.29, 0.717) is 5.69 Å². The highest BCUT2D eigenvalue weighted by Gasteiger charge is 2.31. The summed E-state index contributed by atoms with van der Waals surface area (Å²) in [4.78, 5) is 5.08. The van der Waals surface area contributed by atoms with Crippen LogP contribution in [-0.4, -0.2) is 19.1 Å². The summed E-state index contributed by atoms with van der Waals surface area (Å²) in [5.74, 6) is 0. The number of aromatic nitrogens is 1. The van der Waals surface area contributed by atoms with E-state index in [1.807, 2.05) is 0 Å². The van der Waals surface area contributed by atoms with E-state index in [0.717, 1.165) is 12.3 Å². The van der Waals surface area contributed by atoms with E-state index in [4.69, 9.17) is 0 Å². The van der Waals surface area contributed by atoms with Crippen LogP contribution in [0.4, 0.5) is 18.9 Å². The van der Waals surface area contributed by atoms with Crippen molar-refractivity contribution in [2.45, 2.75) is 6.18 Å². The Morgan fingerprint density at radius 1 is 1.23 bits per heavy atom. The molecular formula is C8H9F3N2. The molecule has 0 fully saturated rings. The first-order valence-electron chi connectivity index (χ1n) is 3.61. The Bertz CT molecular complexity index is 294. The zero-order valence-electron chi connectivity index (χ0n) is 7.26. The van der Waals surface area contributed by atoms with Crippen LogP contribution in [0.3, 0.4) is 0 Å². The van der Waals surface area contributed by atoms with E-state index in [1.54, 1.807) is 19.0 Å². The summed E-state index contributed by atoms with van der Waals surface area (Å²) in [6, 6.07) is 1.06. The lowest BCUT2D eigenvalue weighted by atomic mass is 10.2. The van der Waals surface area contributed by atoms with E-state index in [1.165, 1.54) is 6.20 Å². The maximum absolute atomic E-state index is 12.2. The van der Waals surface area contributed by atoms with Gasteiger partial charge in [-0.3, -0.25) is 4.98 Å². The van der Waals surface area contributed by atoms with Gasteiger partial charge in [0.05, 0.1) is 17.4 Å². The number of nitrogens with zero attached hydrogens (tertiary/aromatic N) is 2. The van der Waals surface area contributed by atoms with Gasteiger partial charge in [-0.05, 0) is 6.07 Å². The molecule has 13 heavy (non-hydrogen) atoms. The zero-order valence-corrected chi connectivity index (χ0v) is 7.26. The van der Waals surface area contributed by atoms with Gasteiger partial charge in [0.1, 0.15) is 0 Å². The van der Waals surface area contributed by atoms with Crippen molar-refractivity contribution in [3.8, 4) is 0 Å². The smallest absolute Gasteiger partial charge is 0.376 e. The number of halogens is 3. The van der Waals surface area contributed by atoms with Gasteiger partial charge >= 0.3 is 6.18 Å². The van der Waals surface area contributed by atoms with Gasteiger partial charge in [0.2, 0.25) is 0 Å². The molecule has 2 nitrogen and oxygen atoms in total. The van der Waals surface area contributed by atoms with Gasteiger partial charge in [-0.25, -0.2) is 0 Å². The van der Waals surface area contributed by atoms with Crippen molar-refractivity contribution >= 4 is 5.69 Å². The van der Waals surface area contributed by atoms with Gasteiger partial charge in [-0.1, -0.05) is 0 Å². The van der Waals surface area contributed by atoms with E-state index in [-0.39, 0.29) is 0 Å². The molecule has 1 rings (SSSR count). The zero-order chi connectivity index (χ0) is 10.1. The van der Waals surface area contributed by atoms with Crippen LogP contribution in [0.25, 0.3) is 0 Å². The molecule has 0 radical (unpaired) electrons. The number of anilines is 1. The van der Waals surface area contributed by atoms with E-state index in [2.05, 4.69) is 4.98 Å². The summed E-state index contributed by atoms with van der Waals surface area (Å²) in [6.07, 6.45) is -2.12. The van der Waals surface area contributed by atoms with E-state index < -0.39 is 11.7 Å². The lowest BCUT2D eigenvalue weighted by Gasteiger charge is -2.13. The summed E-state index contributed by atoms with van der Waals surface area (Å²) in [5, 5.41) is 0. The first-order valence-corrected chi connectivity index (χ1v) is 3.61. The standard InChI is InChI=1S/C8H9F3N2/c1-13(2)7-3-6(4-12-5-7)8(9,10)11/h3-5H,1-2H3. The third-order valence-corrected chi connectivity index (χ3v) is 1.57. The molecule has 0 saturated heterocycles. The first-order chi connectivity index (χ1) is 5.91. The van der Waals surface area contributed by atoms with Crippen molar-refractivity contribution in [1.29, 1.82) is 0 Å². The molecule has 0 bridgehead atoms. The third kappa shape index (κ3) is 2.34. The van der Waals surface area contributed by atoms with Crippen LogP contribution in [0.15, 0.2) is 18.5 Å². The predicted molar refractivity (Wildman–Crippen MR) is 43.6 cm³/mol. The Balaban J connectivity index is 3.06. The number of rotatable bonds is 1. The van der Waals surface area contributed by atoms with Crippen LogP contribution in [0.5, 0.6) is 0 Å². The molecule has 1 aromatic heterocycles. The predicted octanol–water partition coefficient (Wildman–Crippen LogP) is 2.17. The maximum atomic E-state index is 12.2. The quantitative estimate of drug-likeness (QED) is 0.674. The van der Waals surface area contributed by atoms with Crippen molar-refractivity contribution < 1.29 is 13.2 Å². The first kappa shape index (κ1) is 9.83. The Hall–Kier alpha value is -1.26. The Morgan fingerprint density at radius 3 is 2.31 bits per heavy atom. The summed E-state index contributed by atoms with van der Waals surface area (Å²) < 4.78 is 36.5. The fourth-order valence-electron chi connectivity index (χ4n) is 0.827. The minimum atomic E-state index is -4.32. The van der Waals surface area contributed by atoms with Gasteiger partial charge in [0, 0.05) is 20.3 Å². The third-order valence-electron chi connectivity index (χ3n) is 1.57. The van der Waals surface area contributed by atoms with Crippen LogP contribution < -0.4 is 4.90 Å². The van der Waals surface area contributed by atoms with Gasteiger partial charge in [0.25, 0.3) is 0 Å². The molecule has 0 aromatic carbocycles. The Morgan fingerprint density at radius 2 is 1.85 bits per heavy atom. The van der Waals surface area contributed by atoms with Crippen molar-refractivity contribution in [2.75, 3.05) is 19.0 Å². The average molecular weight is 190 g/mol. The van der Waals surface area contributed by atoms with Crippen LogP contribution >= 0.6 is 0 Å². The summed E-state index contributed by atoms with van der Waals surface area (Å²) in [7, 11) is 3.33. The number of alkyl halides is 3. The molecule has 0 N–H and O–H groups in total. The largest absolute Gasteiger partial charge is 0.417 e. The molecule has 0 saturated carbocycles. The van der Waals surface area contributed by atoms with Crippen molar-refractivity contribution in [2.24, 2.45) is 0 Å². The van der Waals surface area contributed by atoms with Gasteiger partial charge in [0.15, 0.2) is 0 Å². The highest BCUT2D eigenvalue weighted by atomic mass is 19.4. The SMILES string of the molecule is CN(C)c1cncc(C(F)(F)F)c1. The van der Waals surface area contributed by atoms with Crippen molar-refractivity contribution in [1.82, 2.24) is 4.98 Å². The molecule has 72 valence electrons. The minimum absolute atomic E-state index is 0.440. The highest BCUT2D eigenvalue weighted by Crippen LogP contribution is 2.30. The number of hydrogen-bond donors (Lipinski definition) is 0. The van der Waals surface area contributed by atoms with Crippen LogP contribution in [0.2, 0.25) is 0 Å².